The van der Waals surface area contributed by atoms with Gasteiger partial charge in [0, 0.05) is 35.8 Å². The van der Waals surface area contributed by atoms with E-state index in [1.165, 1.54) is 11.1 Å². The lowest BCUT2D eigenvalue weighted by Gasteiger charge is -2.21. The van der Waals surface area contributed by atoms with Crippen LogP contribution in [0.3, 0.4) is 0 Å². The lowest BCUT2D eigenvalue weighted by Crippen LogP contribution is -2.24. The molecule has 0 saturated carbocycles. The molecule has 2 unspecified atom stereocenters. The Morgan fingerprint density at radius 1 is 1.47 bits per heavy atom. The molecule has 1 N–H and O–H groups in total. The fourth-order valence-corrected chi connectivity index (χ4v) is 2.78. The summed E-state index contributed by atoms with van der Waals surface area (Å²) in [6.07, 6.45) is 4.06. The van der Waals surface area contributed by atoms with Crippen LogP contribution in [0.15, 0.2) is 36.7 Å². The van der Waals surface area contributed by atoms with Gasteiger partial charge in [-0.05, 0) is 20.0 Å². The summed E-state index contributed by atoms with van der Waals surface area (Å²) in [5, 5.41) is 7.77. The summed E-state index contributed by atoms with van der Waals surface area (Å²) in [5.74, 6) is 1.35. The lowest BCUT2D eigenvalue weighted by molar-refractivity contribution is 0.304. The molecule has 0 amide bonds. The maximum absolute atomic E-state index is 5.78. The van der Waals surface area contributed by atoms with Crippen LogP contribution in [-0.2, 0) is 6.54 Å². The van der Waals surface area contributed by atoms with Crippen molar-refractivity contribution >= 4 is 0 Å². The van der Waals surface area contributed by atoms with E-state index in [0.717, 1.165) is 18.9 Å². The average Bonchev–Trinajstić information content (AvgIpc) is 3.07. The molecule has 0 radical (unpaired) electrons. The Morgan fingerprint density at radius 2 is 2.32 bits per heavy atom. The van der Waals surface area contributed by atoms with E-state index in [1.807, 2.05) is 30.1 Å². The van der Waals surface area contributed by atoms with Crippen molar-refractivity contribution in [1.29, 1.82) is 0 Å². The van der Waals surface area contributed by atoms with E-state index in [4.69, 9.17) is 4.74 Å². The quantitative estimate of drug-likeness (QED) is 0.913. The second-order valence-electron chi connectivity index (χ2n) is 4.85. The highest BCUT2D eigenvalue weighted by atomic mass is 16.5. The van der Waals surface area contributed by atoms with E-state index in [2.05, 4.69) is 35.7 Å². The Labute approximate surface area is 113 Å². The summed E-state index contributed by atoms with van der Waals surface area (Å²) >= 11 is 0. The standard InChI is InChI=1S/C15H19N3O/c1-3-18-9-11(8-17-18)15(16-2)13-10-19-14-7-5-4-6-12(13)14/h4-9,13,15-16H,3,10H2,1-2H3. The third-order valence-electron chi connectivity index (χ3n) is 3.79. The zero-order chi connectivity index (χ0) is 13.2. The van der Waals surface area contributed by atoms with E-state index < -0.39 is 0 Å². The molecule has 0 spiro atoms. The van der Waals surface area contributed by atoms with Crippen LogP contribution in [-0.4, -0.2) is 23.4 Å². The van der Waals surface area contributed by atoms with Crippen LogP contribution in [0.25, 0.3) is 0 Å². The van der Waals surface area contributed by atoms with Crippen molar-refractivity contribution in [2.75, 3.05) is 13.7 Å². The predicted molar refractivity (Wildman–Crippen MR) is 74.4 cm³/mol. The molecule has 4 heteroatoms. The molecule has 2 atom stereocenters. The Balaban J connectivity index is 1.91. The Bertz CT molecular complexity index is 564. The molecule has 0 saturated heterocycles. The van der Waals surface area contributed by atoms with E-state index in [0.29, 0.717) is 5.92 Å². The molecule has 2 heterocycles. The fourth-order valence-electron chi connectivity index (χ4n) is 2.78. The molecular formula is C15H19N3O. The number of benzene rings is 1. The van der Waals surface area contributed by atoms with Gasteiger partial charge in [-0.2, -0.15) is 5.10 Å². The molecule has 19 heavy (non-hydrogen) atoms. The number of hydrogen-bond donors (Lipinski definition) is 1. The molecule has 1 aromatic heterocycles. The molecule has 2 aromatic rings. The zero-order valence-electron chi connectivity index (χ0n) is 11.3. The Morgan fingerprint density at radius 3 is 3.05 bits per heavy atom. The summed E-state index contributed by atoms with van der Waals surface area (Å²) in [6.45, 7) is 3.72. The van der Waals surface area contributed by atoms with E-state index in [9.17, 15) is 0 Å². The molecular weight excluding hydrogens is 238 g/mol. The number of para-hydroxylation sites is 1. The van der Waals surface area contributed by atoms with Gasteiger partial charge in [0.25, 0.3) is 0 Å². The monoisotopic (exact) mass is 257 g/mol. The largest absolute Gasteiger partial charge is 0.493 e. The third kappa shape index (κ3) is 2.12. The lowest BCUT2D eigenvalue weighted by atomic mass is 9.90. The van der Waals surface area contributed by atoms with Crippen molar-refractivity contribution in [3.63, 3.8) is 0 Å². The third-order valence-corrected chi connectivity index (χ3v) is 3.79. The van der Waals surface area contributed by atoms with Crippen LogP contribution >= 0.6 is 0 Å². The van der Waals surface area contributed by atoms with Gasteiger partial charge in [0.1, 0.15) is 5.75 Å². The van der Waals surface area contributed by atoms with Crippen molar-refractivity contribution in [1.82, 2.24) is 15.1 Å². The SMILES string of the molecule is CCn1cc(C(NC)C2COc3ccccc32)cn1. The highest BCUT2D eigenvalue weighted by Crippen LogP contribution is 2.40. The molecule has 4 nitrogen and oxygen atoms in total. The van der Waals surface area contributed by atoms with Crippen molar-refractivity contribution < 1.29 is 4.74 Å². The molecule has 100 valence electrons. The van der Waals surface area contributed by atoms with Gasteiger partial charge >= 0.3 is 0 Å². The average molecular weight is 257 g/mol. The summed E-state index contributed by atoms with van der Waals surface area (Å²) in [7, 11) is 1.99. The molecule has 1 aliphatic rings. The molecule has 3 rings (SSSR count). The van der Waals surface area contributed by atoms with E-state index >= 15 is 0 Å². The Kier molecular flexibility index (Phi) is 3.25. The highest BCUT2D eigenvalue weighted by Gasteiger charge is 2.31. The van der Waals surface area contributed by atoms with E-state index in [1.54, 1.807) is 0 Å². The van der Waals surface area contributed by atoms with Crippen LogP contribution in [0.1, 0.15) is 30.0 Å². The number of hydrogen-bond acceptors (Lipinski definition) is 3. The first kappa shape index (κ1) is 12.2. The number of aromatic nitrogens is 2. The summed E-state index contributed by atoms with van der Waals surface area (Å²) < 4.78 is 7.74. The number of likely N-dealkylation sites (N-methyl/N-ethyl adjacent to an activating group) is 1. The molecule has 0 bridgehead atoms. The van der Waals surface area contributed by atoms with Crippen molar-refractivity contribution in [3.8, 4) is 5.75 Å². The van der Waals surface area contributed by atoms with Crippen LogP contribution in [0.5, 0.6) is 5.75 Å². The number of nitrogens with zero attached hydrogens (tertiary/aromatic N) is 2. The normalized spacial score (nSPS) is 18.9. The minimum atomic E-state index is 0.240. The van der Waals surface area contributed by atoms with Crippen molar-refractivity contribution in [2.24, 2.45) is 0 Å². The first-order valence-corrected chi connectivity index (χ1v) is 6.74. The smallest absolute Gasteiger partial charge is 0.122 e. The summed E-state index contributed by atoms with van der Waals surface area (Å²) in [5.41, 5.74) is 2.50. The number of ether oxygens (including phenoxy) is 1. The van der Waals surface area contributed by atoms with Crippen molar-refractivity contribution in [3.05, 3.63) is 47.8 Å². The molecule has 0 aliphatic carbocycles. The molecule has 1 aromatic carbocycles. The molecule has 0 fully saturated rings. The van der Waals surface area contributed by atoms with Gasteiger partial charge < -0.3 is 10.1 Å². The second kappa shape index (κ2) is 5.05. The predicted octanol–water partition coefficient (Wildman–Crippen LogP) is 2.34. The topological polar surface area (TPSA) is 39.1 Å². The zero-order valence-corrected chi connectivity index (χ0v) is 11.3. The maximum Gasteiger partial charge on any atom is 0.122 e. The van der Waals surface area contributed by atoms with Gasteiger partial charge in [-0.15, -0.1) is 0 Å². The number of fused-ring (bicyclic) bond motifs is 1. The number of aryl methyl sites for hydroxylation is 1. The first-order chi connectivity index (χ1) is 9.33. The first-order valence-electron chi connectivity index (χ1n) is 6.74. The number of nitrogens with one attached hydrogen (secondary N) is 1. The van der Waals surface area contributed by atoms with Gasteiger partial charge in [0.05, 0.1) is 12.8 Å². The van der Waals surface area contributed by atoms with Crippen LogP contribution in [0.4, 0.5) is 0 Å². The summed E-state index contributed by atoms with van der Waals surface area (Å²) in [4.78, 5) is 0. The van der Waals surface area contributed by atoms with Crippen LogP contribution in [0.2, 0.25) is 0 Å². The van der Waals surface area contributed by atoms with Gasteiger partial charge in [0.2, 0.25) is 0 Å². The van der Waals surface area contributed by atoms with Gasteiger partial charge in [-0.1, -0.05) is 18.2 Å². The Hall–Kier alpha value is -1.81. The van der Waals surface area contributed by atoms with Gasteiger partial charge in [-0.25, -0.2) is 0 Å². The maximum atomic E-state index is 5.78. The minimum absolute atomic E-state index is 0.240. The van der Waals surface area contributed by atoms with Gasteiger partial charge in [0.15, 0.2) is 0 Å². The number of rotatable bonds is 4. The van der Waals surface area contributed by atoms with Crippen LogP contribution < -0.4 is 10.1 Å². The highest BCUT2D eigenvalue weighted by molar-refractivity contribution is 5.41. The second-order valence-corrected chi connectivity index (χ2v) is 4.85. The van der Waals surface area contributed by atoms with Gasteiger partial charge in [-0.3, -0.25) is 4.68 Å². The minimum Gasteiger partial charge on any atom is -0.493 e. The molecule has 1 aliphatic heterocycles. The summed E-state index contributed by atoms with van der Waals surface area (Å²) in [6, 6.07) is 8.52. The van der Waals surface area contributed by atoms with E-state index in [-0.39, 0.29) is 6.04 Å². The van der Waals surface area contributed by atoms with Crippen LogP contribution in [0, 0.1) is 0 Å². The fraction of sp³-hybridized carbons (Fsp3) is 0.400. The van der Waals surface area contributed by atoms with Crippen molar-refractivity contribution in [2.45, 2.75) is 25.4 Å².